The summed E-state index contributed by atoms with van der Waals surface area (Å²) in [6.45, 7) is 5.02. The summed E-state index contributed by atoms with van der Waals surface area (Å²) in [5.41, 5.74) is 0.151. The first-order chi connectivity index (χ1) is 12.0. The molecule has 2 heterocycles. The number of aromatic nitrogens is 3. The molecule has 0 bridgehead atoms. The molecule has 1 saturated carbocycles. The molecule has 0 radical (unpaired) electrons. The van der Waals surface area contributed by atoms with Crippen LogP contribution >= 0.6 is 0 Å². The Bertz CT molecular complexity index is 876. The maximum Gasteiger partial charge on any atom is 0.307 e. The summed E-state index contributed by atoms with van der Waals surface area (Å²) in [5, 5.41) is 8.42. The Kier molecular flexibility index (Phi) is 3.83. The Morgan fingerprint density at radius 1 is 1.40 bits per heavy atom. The van der Waals surface area contributed by atoms with Crippen molar-refractivity contribution in [1.82, 2.24) is 15.0 Å². The van der Waals surface area contributed by atoms with E-state index in [1.807, 2.05) is 0 Å². The van der Waals surface area contributed by atoms with Crippen molar-refractivity contribution in [1.29, 1.82) is 0 Å². The van der Waals surface area contributed by atoms with Gasteiger partial charge in [0.1, 0.15) is 11.6 Å². The fraction of sp³-hybridized carbons (Fsp3) is 0.556. The van der Waals surface area contributed by atoms with Gasteiger partial charge < -0.3 is 9.47 Å². The minimum atomic E-state index is -0.315. The van der Waals surface area contributed by atoms with Crippen molar-refractivity contribution in [2.24, 2.45) is 11.3 Å². The van der Waals surface area contributed by atoms with E-state index in [9.17, 15) is 9.59 Å². The lowest BCUT2D eigenvalue weighted by molar-refractivity contribution is -0.210. The SMILES string of the molecule is CC1(C)[C@@H]2OCC[C@H]2[C@@H]1OC(=O)CCn1nnc2ccccc2c1=O. The zero-order valence-electron chi connectivity index (χ0n) is 14.3. The molecule has 1 saturated heterocycles. The van der Waals surface area contributed by atoms with E-state index in [1.54, 1.807) is 24.3 Å². The standard InChI is InChI=1S/C18H21N3O4/c1-18(2)15-12(8-10-24-15)16(18)25-14(22)7-9-21-17(23)11-5-3-4-6-13(11)19-20-21/h3-6,12,15-16H,7-10H2,1-2H3/t12-,15-,16+/m1/s1. The summed E-state index contributed by atoms with van der Waals surface area (Å²) in [6, 6.07) is 7.03. The van der Waals surface area contributed by atoms with Crippen LogP contribution in [0.5, 0.6) is 0 Å². The van der Waals surface area contributed by atoms with Gasteiger partial charge in [0.2, 0.25) is 0 Å². The highest BCUT2D eigenvalue weighted by atomic mass is 16.6. The van der Waals surface area contributed by atoms with E-state index < -0.39 is 0 Å². The minimum Gasteiger partial charge on any atom is -0.461 e. The topological polar surface area (TPSA) is 83.3 Å². The fourth-order valence-corrected chi connectivity index (χ4v) is 4.08. The summed E-state index contributed by atoms with van der Waals surface area (Å²) in [6.07, 6.45) is 1.09. The van der Waals surface area contributed by atoms with Crippen molar-refractivity contribution in [3.63, 3.8) is 0 Å². The first kappa shape index (κ1) is 16.2. The Labute approximate surface area is 144 Å². The molecular weight excluding hydrogens is 322 g/mol. The van der Waals surface area contributed by atoms with Gasteiger partial charge in [0.25, 0.3) is 5.56 Å². The first-order valence-electron chi connectivity index (χ1n) is 8.62. The minimum absolute atomic E-state index is 0.0950. The Morgan fingerprint density at radius 2 is 2.20 bits per heavy atom. The number of benzene rings is 1. The monoisotopic (exact) mass is 343 g/mol. The highest BCUT2D eigenvalue weighted by Crippen LogP contribution is 2.53. The maximum atomic E-state index is 12.4. The Morgan fingerprint density at radius 3 is 3.04 bits per heavy atom. The molecular formula is C18H21N3O4. The van der Waals surface area contributed by atoms with E-state index in [1.165, 1.54) is 4.68 Å². The summed E-state index contributed by atoms with van der Waals surface area (Å²) >= 11 is 0. The summed E-state index contributed by atoms with van der Waals surface area (Å²) in [5.74, 6) is -0.0209. The van der Waals surface area contributed by atoms with Crippen molar-refractivity contribution in [3.05, 3.63) is 34.6 Å². The van der Waals surface area contributed by atoms with Crippen LogP contribution in [-0.4, -0.2) is 39.8 Å². The van der Waals surface area contributed by atoms with Crippen molar-refractivity contribution >= 4 is 16.9 Å². The molecule has 1 aliphatic carbocycles. The quantitative estimate of drug-likeness (QED) is 0.783. The fourth-order valence-electron chi connectivity index (χ4n) is 4.08. The number of rotatable bonds is 4. The normalized spacial score (nSPS) is 26.9. The molecule has 0 spiro atoms. The van der Waals surface area contributed by atoms with Gasteiger partial charge in [-0.05, 0) is 18.6 Å². The maximum absolute atomic E-state index is 12.4. The van der Waals surface area contributed by atoms with E-state index >= 15 is 0 Å². The van der Waals surface area contributed by atoms with Crippen LogP contribution in [0.3, 0.4) is 0 Å². The summed E-state index contributed by atoms with van der Waals surface area (Å²) < 4.78 is 12.6. The number of hydrogen-bond acceptors (Lipinski definition) is 6. The summed E-state index contributed by atoms with van der Waals surface area (Å²) in [7, 11) is 0. The molecule has 132 valence electrons. The molecule has 4 rings (SSSR count). The molecule has 2 aliphatic rings. The number of esters is 1. The molecule has 25 heavy (non-hydrogen) atoms. The Balaban J connectivity index is 1.41. The van der Waals surface area contributed by atoms with Crippen LogP contribution in [0.25, 0.3) is 10.9 Å². The predicted octanol–water partition coefficient (Wildman–Crippen LogP) is 1.54. The van der Waals surface area contributed by atoms with Gasteiger partial charge in [0.15, 0.2) is 0 Å². The van der Waals surface area contributed by atoms with E-state index in [-0.39, 0.29) is 42.1 Å². The predicted molar refractivity (Wildman–Crippen MR) is 89.9 cm³/mol. The highest BCUT2D eigenvalue weighted by molar-refractivity contribution is 5.76. The molecule has 0 unspecified atom stereocenters. The van der Waals surface area contributed by atoms with Gasteiger partial charge in [-0.15, -0.1) is 5.10 Å². The lowest BCUT2D eigenvalue weighted by Crippen LogP contribution is -2.61. The van der Waals surface area contributed by atoms with E-state index in [0.29, 0.717) is 16.8 Å². The Hall–Kier alpha value is -2.28. The van der Waals surface area contributed by atoms with E-state index in [4.69, 9.17) is 9.47 Å². The number of nitrogens with zero attached hydrogens (tertiary/aromatic N) is 3. The van der Waals surface area contributed by atoms with Crippen LogP contribution in [0.1, 0.15) is 26.7 Å². The average molecular weight is 343 g/mol. The second kappa shape index (κ2) is 5.91. The van der Waals surface area contributed by atoms with Crippen molar-refractivity contribution < 1.29 is 14.3 Å². The number of fused-ring (bicyclic) bond motifs is 2. The smallest absolute Gasteiger partial charge is 0.307 e. The van der Waals surface area contributed by atoms with Crippen LogP contribution in [-0.2, 0) is 20.8 Å². The van der Waals surface area contributed by atoms with Crippen molar-refractivity contribution in [2.45, 2.75) is 45.4 Å². The molecule has 1 aromatic heterocycles. The zero-order chi connectivity index (χ0) is 17.6. The van der Waals surface area contributed by atoms with Gasteiger partial charge in [-0.2, -0.15) is 0 Å². The number of carbonyl (C=O) groups is 1. The van der Waals surface area contributed by atoms with Gasteiger partial charge in [0, 0.05) is 17.9 Å². The van der Waals surface area contributed by atoms with Crippen LogP contribution in [0.15, 0.2) is 29.1 Å². The molecule has 3 atom stereocenters. The van der Waals surface area contributed by atoms with E-state index in [0.717, 1.165) is 13.0 Å². The molecule has 7 heteroatoms. The highest BCUT2D eigenvalue weighted by Gasteiger charge is 2.61. The zero-order valence-corrected chi connectivity index (χ0v) is 14.3. The first-order valence-corrected chi connectivity index (χ1v) is 8.62. The van der Waals surface area contributed by atoms with Gasteiger partial charge in [0.05, 0.1) is 24.5 Å². The third-order valence-electron chi connectivity index (χ3n) is 5.41. The van der Waals surface area contributed by atoms with Gasteiger partial charge in [-0.3, -0.25) is 9.59 Å². The van der Waals surface area contributed by atoms with Gasteiger partial charge in [-0.25, -0.2) is 4.68 Å². The number of carbonyl (C=O) groups excluding carboxylic acids is 1. The van der Waals surface area contributed by atoms with Crippen LogP contribution < -0.4 is 5.56 Å². The molecule has 1 aliphatic heterocycles. The molecule has 0 amide bonds. The molecule has 2 aromatic rings. The third kappa shape index (κ3) is 2.63. The second-order valence-corrected chi connectivity index (χ2v) is 7.36. The number of ether oxygens (including phenoxy) is 2. The van der Waals surface area contributed by atoms with Crippen LogP contribution in [0.4, 0.5) is 0 Å². The summed E-state index contributed by atoms with van der Waals surface area (Å²) in [4.78, 5) is 24.6. The molecule has 1 aromatic carbocycles. The van der Waals surface area contributed by atoms with Crippen molar-refractivity contribution in [2.75, 3.05) is 6.61 Å². The molecule has 2 fully saturated rings. The largest absolute Gasteiger partial charge is 0.461 e. The number of aryl methyl sites for hydroxylation is 1. The van der Waals surface area contributed by atoms with E-state index in [2.05, 4.69) is 24.2 Å². The average Bonchev–Trinajstić information content (AvgIpc) is 3.06. The lowest BCUT2D eigenvalue weighted by Gasteiger charge is -2.53. The van der Waals surface area contributed by atoms with Crippen LogP contribution in [0, 0.1) is 11.3 Å². The second-order valence-electron chi connectivity index (χ2n) is 7.36. The number of hydrogen-bond donors (Lipinski definition) is 0. The lowest BCUT2D eigenvalue weighted by atomic mass is 9.59. The van der Waals surface area contributed by atoms with Crippen LogP contribution in [0.2, 0.25) is 0 Å². The molecule has 0 N–H and O–H groups in total. The molecule has 7 nitrogen and oxygen atoms in total. The third-order valence-corrected chi connectivity index (χ3v) is 5.41. The van der Waals surface area contributed by atoms with Crippen molar-refractivity contribution in [3.8, 4) is 0 Å². The van der Waals surface area contributed by atoms with Gasteiger partial charge in [-0.1, -0.05) is 31.2 Å². The van der Waals surface area contributed by atoms with Gasteiger partial charge >= 0.3 is 5.97 Å².